The van der Waals surface area contributed by atoms with Gasteiger partial charge in [-0.2, -0.15) is 0 Å². The van der Waals surface area contributed by atoms with E-state index in [0.717, 1.165) is 50.6 Å². The first-order valence-electron chi connectivity index (χ1n) is 12.4. The number of alkyl halides is 1. The molecule has 29 heavy (non-hydrogen) atoms. The lowest BCUT2D eigenvalue weighted by molar-refractivity contribution is -0.148. The zero-order chi connectivity index (χ0) is 21.3. The van der Waals surface area contributed by atoms with Gasteiger partial charge in [-0.3, -0.25) is 0 Å². The van der Waals surface area contributed by atoms with E-state index in [4.69, 9.17) is 9.47 Å². The molecule has 0 amide bonds. The second-order valence-corrected chi connectivity index (χ2v) is 8.67. The molecule has 0 rings (SSSR count). The number of hydrogen-bond acceptors (Lipinski definition) is 2. The van der Waals surface area contributed by atoms with Gasteiger partial charge in [-0.1, -0.05) is 86.2 Å². The summed E-state index contributed by atoms with van der Waals surface area (Å²) in [5.41, 5.74) is 0. The fourth-order valence-corrected chi connectivity index (χ4v) is 3.63. The van der Waals surface area contributed by atoms with Crippen molar-refractivity contribution in [1.82, 2.24) is 0 Å². The van der Waals surface area contributed by atoms with Crippen LogP contribution in [0.2, 0.25) is 0 Å². The zero-order valence-corrected chi connectivity index (χ0v) is 21.1. The van der Waals surface area contributed by atoms with Gasteiger partial charge in [0.1, 0.15) is 0 Å². The molecule has 0 heterocycles. The molecule has 2 nitrogen and oxygen atoms in total. The maximum Gasteiger partial charge on any atom is 0.157 e. The summed E-state index contributed by atoms with van der Waals surface area (Å²) < 4.78 is 12.2. The molecule has 172 valence electrons. The first kappa shape index (κ1) is 28.9. The Morgan fingerprint density at radius 3 is 1.59 bits per heavy atom. The Kier molecular flexibility index (Phi) is 25.8. The summed E-state index contributed by atoms with van der Waals surface area (Å²) in [5, 5.41) is 1.13. The molecular weight excluding hydrogens is 424 g/mol. The monoisotopic (exact) mass is 472 g/mol. The maximum atomic E-state index is 6.10. The van der Waals surface area contributed by atoms with Crippen molar-refractivity contribution in [2.75, 3.05) is 18.5 Å². The smallest absolute Gasteiger partial charge is 0.157 e. The highest BCUT2D eigenvalue weighted by Gasteiger charge is 2.09. The molecule has 0 saturated carbocycles. The molecule has 0 aromatic heterocycles. The first-order valence-corrected chi connectivity index (χ1v) is 13.6. The summed E-state index contributed by atoms with van der Waals surface area (Å²) in [6.45, 7) is 6.06. The molecule has 0 aliphatic rings. The molecule has 0 radical (unpaired) electrons. The third-order valence-corrected chi connectivity index (χ3v) is 5.58. The molecule has 0 spiro atoms. The molecule has 0 aliphatic heterocycles. The Bertz CT molecular complexity index is 329. The molecule has 0 aromatic carbocycles. The minimum absolute atomic E-state index is 0.00569. The van der Waals surface area contributed by atoms with Gasteiger partial charge in [0.15, 0.2) is 6.29 Å². The zero-order valence-electron chi connectivity index (χ0n) is 19.5. The fraction of sp³-hybridized carbons (Fsp3) is 0.846. The highest BCUT2D eigenvalue weighted by Crippen LogP contribution is 2.13. The van der Waals surface area contributed by atoms with Gasteiger partial charge in [-0.25, -0.2) is 0 Å². The summed E-state index contributed by atoms with van der Waals surface area (Å²) in [5.74, 6) is 0. The van der Waals surface area contributed by atoms with Crippen molar-refractivity contribution < 1.29 is 9.47 Å². The Hall–Kier alpha value is -0.120. The van der Waals surface area contributed by atoms with Crippen molar-refractivity contribution in [3.8, 4) is 0 Å². The lowest BCUT2D eigenvalue weighted by atomic mass is 10.1. The minimum atomic E-state index is 0.00569. The van der Waals surface area contributed by atoms with Crippen molar-refractivity contribution >= 4 is 15.9 Å². The Morgan fingerprint density at radius 2 is 1.07 bits per heavy atom. The van der Waals surface area contributed by atoms with Gasteiger partial charge in [0.25, 0.3) is 0 Å². The van der Waals surface area contributed by atoms with Gasteiger partial charge in [0.05, 0.1) is 0 Å². The van der Waals surface area contributed by atoms with Gasteiger partial charge in [0, 0.05) is 18.5 Å². The Labute approximate surface area is 191 Å². The molecule has 3 heteroatoms. The summed E-state index contributed by atoms with van der Waals surface area (Å²) >= 11 is 3.51. The van der Waals surface area contributed by atoms with Crippen LogP contribution < -0.4 is 0 Å². The lowest BCUT2D eigenvalue weighted by Gasteiger charge is -2.19. The van der Waals surface area contributed by atoms with Crippen LogP contribution in [0, 0.1) is 0 Å². The van der Waals surface area contributed by atoms with Crippen molar-refractivity contribution in [2.24, 2.45) is 0 Å². The van der Waals surface area contributed by atoms with Gasteiger partial charge < -0.3 is 9.47 Å². The van der Waals surface area contributed by atoms with Crippen LogP contribution in [0.25, 0.3) is 0 Å². The highest BCUT2D eigenvalue weighted by atomic mass is 79.9. The summed E-state index contributed by atoms with van der Waals surface area (Å²) in [4.78, 5) is 0. The minimum Gasteiger partial charge on any atom is -0.353 e. The van der Waals surface area contributed by atoms with Crippen molar-refractivity contribution in [2.45, 2.75) is 123 Å². The second-order valence-electron chi connectivity index (χ2n) is 7.87. The SMILES string of the molecule is CC/C=C\CCCCCOC(CCCCCCCBr)OCCCCC/C=C\CC. The number of hydrogen-bond donors (Lipinski definition) is 0. The molecule has 0 bridgehead atoms. The van der Waals surface area contributed by atoms with Crippen LogP contribution in [0.15, 0.2) is 24.3 Å². The molecular formula is C26H49BrO2. The van der Waals surface area contributed by atoms with Gasteiger partial charge in [-0.15, -0.1) is 0 Å². The normalized spacial score (nSPS) is 12.1. The number of unbranched alkanes of at least 4 members (excludes halogenated alkanes) is 10. The van der Waals surface area contributed by atoms with Crippen LogP contribution in [-0.4, -0.2) is 24.8 Å². The molecule has 0 fully saturated rings. The third kappa shape index (κ3) is 24.0. The van der Waals surface area contributed by atoms with E-state index in [2.05, 4.69) is 54.1 Å². The van der Waals surface area contributed by atoms with Gasteiger partial charge >= 0.3 is 0 Å². The van der Waals surface area contributed by atoms with Crippen LogP contribution in [0.1, 0.15) is 117 Å². The first-order chi connectivity index (χ1) is 14.3. The third-order valence-electron chi connectivity index (χ3n) is 5.02. The molecule has 0 N–H and O–H groups in total. The fourth-order valence-electron chi connectivity index (χ4n) is 3.23. The Balaban J connectivity index is 3.87. The van der Waals surface area contributed by atoms with E-state index in [9.17, 15) is 0 Å². The average Bonchev–Trinajstić information content (AvgIpc) is 2.73. The standard InChI is InChI=1S/C26H49BrO2/c1-3-5-7-9-11-16-20-24-28-26(22-18-14-13-15-19-23-27)29-25-21-17-12-10-8-6-4-2/h5-8,26H,3-4,9-25H2,1-2H3/b7-5-,8-6-. The van der Waals surface area contributed by atoms with Crippen molar-refractivity contribution in [3.63, 3.8) is 0 Å². The molecule has 0 atom stereocenters. The summed E-state index contributed by atoms with van der Waals surface area (Å²) in [6, 6.07) is 0. The number of rotatable bonds is 23. The highest BCUT2D eigenvalue weighted by molar-refractivity contribution is 9.09. The molecule has 0 aromatic rings. The van der Waals surface area contributed by atoms with E-state index in [-0.39, 0.29) is 6.29 Å². The van der Waals surface area contributed by atoms with Crippen molar-refractivity contribution in [1.29, 1.82) is 0 Å². The van der Waals surface area contributed by atoms with E-state index in [1.165, 1.54) is 70.6 Å². The predicted molar refractivity (Wildman–Crippen MR) is 133 cm³/mol. The summed E-state index contributed by atoms with van der Waals surface area (Å²) in [7, 11) is 0. The predicted octanol–water partition coefficient (Wildman–Crippen LogP) is 9.13. The van der Waals surface area contributed by atoms with Crippen molar-refractivity contribution in [3.05, 3.63) is 24.3 Å². The second kappa shape index (κ2) is 25.9. The van der Waals surface area contributed by atoms with E-state index >= 15 is 0 Å². The van der Waals surface area contributed by atoms with Crippen LogP contribution in [0.5, 0.6) is 0 Å². The average molecular weight is 474 g/mol. The number of halogens is 1. The summed E-state index contributed by atoms with van der Waals surface area (Å²) in [6.07, 6.45) is 28.7. The molecule has 0 saturated heterocycles. The van der Waals surface area contributed by atoms with E-state index in [1.807, 2.05) is 0 Å². The van der Waals surface area contributed by atoms with Crippen LogP contribution >= 0.6 is 15.9 Å². The van der Waals surface area contributed by atoms with Crippen LogP contribution in [-0.2, 0) is 9.47 Å². The lowest BCUT2D eigenvalue weighted by Crippen LogP contribution is -2.19. The molecule has 0 aliphatic carbocycles. The van der Waals surface area contributed by atoms with Gasteiger partial charge in [-0.05, 0) is 70.6 Å². The largest absolute Gasteiger partial charge is 0.353 e. The van der Waals surface area contributed by atoms with Crippen LogP contribution in [0.3, 0.4) is 0 Å². The van der Waals surface area contributed by atoms with Gasteiger partial charge in [0.2, 0.25) is 0 Å². The Morgan fingerprint density at radius 1 is 0.586 bits per heavy atom. The van der Waals surface area contributed by atoms with E-state index in [0.29, 0.717) is 0 Å². The topological polar surface area (TPSA) is 18.5 Å². The quantitative estimate of drug-likeness (QED) is 0.0637. The van der Waals surface area contributed by atoms with Crippen LogP contribution in [0.4, 0.5) is 0 Å². The maximum absolute atomic E-state index is 6.10. The number of allylic oxidation sites excluding steroid dienone is 4. The van der Waals surface area contributed by atoms with E-state index in [1.54, 1.807) is 0 Å². The molecule has 0 unspecified atom stereocenters. The van der Waals surface area contributed by atoms with E-state index < -0.39 is 0 Å². The number of ether oxygens (including phenoxy) is 2.